The predicted octanol–water partition coefficient (Wildman–Crippen LogP) is 2.30. The number of aryl methyl sites for hydroxylation is 2. The first-order valence-corrected chi connectivity index (χ1v) is 6.26. The Hall–Kier alpha value is -0.390. The molecule has 0 saturated carbocycles. The van der Waals surface area contributed by atoms with E-state index in [1.807, 2.05) is 11.7 Å². The lowest BCUT2D eigenvalue weighted by Crippen LogP contribution is -2.04. The topological polar surface area (TPSA) is 36.3 Å². The average molecular weight is 291 g/mol. The van der Waals surface area contributed by atoms with Gasteiger partial charge in [0.1, 0.15) is 0 Å². The zero-order chi connectivity index (χ0) is 12.0. The largest absolute Gasteiger partial charge is 0.385 e. The van der Waals surface area contributed by atoms with Crippen LogP contribution in [0.1, 0.15) is 24.7 Å². The Bertz CT molecular complexity index is 326. The highest BCUT2D eigenvalue weighted by atomic mass is 79.9. The fourth-order valence-electron chi connectivity index (χ4n) is 1.45. The zero-order valence-electron chi connectivity index (χ0n) is 10.1. The van der Waals surface area contributed by atoms with E-state index in [0.29, 0.717) is 13.2 Å². The van der Waals surface area contributed by atoms with Gasteiger partial charge in [-0.1, -0.05) is 6.92 Å². The zero-order valence-corrected chi connectivity index (χ0v) is 11.7. The van der Waals surface area contributed by atoms with Crippen molar-refractivity contribution in [2.75, 3.05) is 20.3 Å². The highest BCUT2D eigenvalue weighted by Gasteiger charge is 2.11. The summed E-state index contributed by atoms with van der Waals surface area (Å²) in [5.74, 6) is 0. The van der Waals surface area contributed by atoms with Crippen LogP contribution in [0.3, 0.4) is 0 Å². The van der Waals surface area contributed by atoms with Crippen LogP contribution in [-0.4, -0.2) is 30.1 Å². The van der Waals surface area contributed by atoms with Crippen molar-refractivity contribution in [3.8, 4) is 0 Å². The molecule has 0 bridgehead atoms. The van der Waals surface area contributed by atoms with Crippen LogP contribution >= 0.6 is 15.9 Å². The number of methoxy groups -OCH3 is 1. The summed E-state index contributed by atoms with van der Waals surface area (Å²) in [5, 5.41) is 4.41. The van der Waals surface area contributed by atoms with Crippen molar-refractivity contribution in [2.45, 2.75) is 26.4 Å². The van der Waals surface area contributed by atoms with E-state index in [9.17, 15) is 0 Å². The Morgan fingerprint density at radius 1 is 1.38 bits per heavy atom. The van der Waals surface area contributed by atoms with Crippen molar-refractivity contribution in [1.29, 1.82) is 0 Å². The Kier molecular flexibility index (Phi) is 6.01. The number of halogens is 1. The van der Waals surface area contributed by atoms with Gasteiger partial charge >= 0.3 is 0 Å². The second-order valence-corrected chi connectivity index (χ2v) is 4.38. The average Bonchev–Trinajstić information content (AvgIpc) is 2.55. The van der Waals surface area contributed by atoms with Crippen molar-refractivity contribution >= 4 is 15.9 Å². The molecule has 4 nitrogen and oxygen atoms in total. The maximum absolute atomic E-state index is 5.57. The normalized spacial score (nSPS) is 11.0. The number of ether oxygens (including phenoxy) is 2. The lowest BCUT2D eigenvalue weighted by atomic mass is 10.3. The van der Waals surface area contributed by atoms with Gasteiger partial charge < -0.3 is 9.47 Å². The van der Waals surface area contributed by atoms with E-state index in [-0.39, 0.29) is 0 Å². The third kappa shape index (κ3) is 3.57. The van der Waals surface area contributed by atoms with Crippen LogP contribution in [0.4, 0.5) is 0 Å². The van der Waals surface area contributed by atoms with Gasteiger partial charge in [0.25, 0.3) is 0 Å². The van der Waals surface area contributed by atoms with Gasteiger partial charge in [-0.25, -0.2) is 0 Å². The Morgan fingerprint density at radius 3 is 2.69 bits per heavy atom. The summed E-state index contributed by atoms with van der Waals surface area (Å²) in [5.41, 5.74) is 2.17. The van der Waals surface area contributed by atoms with Crippen molar-refractivity contribution in [3.63, 3.8) is 0 Å². The third-order valence-corrected chi connectivity index (χ3v) is 3.29. The third-order valence-electron chi connectivity index (χ3n) is 2.38. The van der Waals surface area contributed by atoms with Crippen LogP contribution < -0.4 is 0 Å². The number of hydrogen-bond donors (Lipinski definition) is 0. The molecule has 0 aliphatic carbocycles. The Labute approximate surface area is 105 Å². The molecule has 0 aliphatic rings. The van der Waals surface area contributed by atoms with Gasteiger partial charge in [-0.2, -0.15) is 5.10 Å². The van der Waals surface area contributed by atoms with Crippen LogP contribution in [0, 0.1) is 0 Å². The molecule has 0 radical (unpaired) electrons. The lowest BCUT2D eigenvalue weighted by Gasteiger charge is -2.05. The van der Waals surface area contributed by atoms with Gasteiger partial charge in [0.05, 0.1) is 22.5 Å². The molecule has 1 aromatic heterocycles. The summed E-state index contributed by atoms with van der Waals surface area (Å²) in [6.07, 6.45) is 1.85. The molecule has 1 rings (SSSR count). The van der Waals surface area contributed by atoms with Crippen LogP contribution in [0.2, 0.25) is 0 Å². The molecule has 1 aromatic rings. The quantitative estimate of drug-likeness (QED) is 0.723. The van der Waals surface area contributed by atoms with Crippen LogP contribution in [-0.2, 0) is 29.5 Å². The summed E-state index contributed by atoms with van der Waals surface area (Å²) in [4.78, 5) is 0. The maximum Gasteiger partial charge on any atom is 0.0896 e. The molecule has 0 unspecified atom stereocenters. The lowest BCUT2D eigenvalue weighted by molar-refractivity contribution is 0.0890. The van der Waals surface area contributed by atoms with E-state index in [0.717, 1.165) is 35.3 Å². The summed E-state index contributed by atoms with van der Waals surface area (Å²) >= 11 is 3.56. The molecule has 0 N–H and O–H groups in total. The maximum atomic E-state index is 5.57. The van der Waals surface area contributed by atoms with E-state index in [1.165, 1.54) is 0 Å². The molecule has 0 saturated heterocycles. The second-order valence-electron chi connectivity index (χ2n) is 3.58. The monoisotopic (exact) mass is 290 g/mol. The summed E-state index contributed by atoms with van der Waals surface area (Å²) in [7, 11) is 3.64. The second kappa shape index (κ2) is 7.04. The summed E-state index contributed by atoms with van der Waals surface area (Å²) in [6.45, 7) is 4.14. The molecule has 0 atom stereocenters. The molecule has 0 amide bonds. The fourth-order valence-corrected chi connectivity index (χ4v) is 2.18. The van der Waals surface area contributed by atoms with Crippen molar-refractivity contribution < 1.29 is 9.47 Å². The number of rotatable bonds is 7. The number of hydrogen-bond acceptors (Lipinski definition) is 3. The molecule has 92 valence electrons. The smallest absolute Gasteiger partial charge is 0.0896 e. The predicted molar refractivity (Wildman–Crippen MR) is 66.4 cm³/mol. The summed E-state index contributed by atoms with van der Waals surface area (Å²) in [6, 6.07) is 0. The van der Waals surface area contributed by atoms with Crippen LogP contribution in [0.15, 0.2) is 4.47 Å². The van der Waals surface area contributed by atoms with E-state index >= 15 is 0 Å². The molecule has 5 heteroatoms. The van der Waals surface area contributed by atoms with Gasteiger partial charge in [0, 0.05) is 27.4 Å². The molecule has 0 fully saturated rings. The van der Waals surface area contributed by atoms with Gasteiger partial charge in [-0.15, -0.1) is 0 Å². The minimum absolute atomic E-state index is 0.591. The van der Waals surface area contributed by atoms with Crippen LogP contribution in [0.25, 0.3) is 0 Å². The van der Waals surface area contributed by atoms with Crippen molar-refractivity contribution in [1.82, 2.24) is 9.78 Å². The minimum Gasteiger partial charge on any atom is -0.385 e. The molecule has 0 aromatic carbocycles. The van der Waals surface area contributed by atoms with E-state index in [1.54, 1.807) is 7.11 Å². The Morgan fingerprint density at radius 2 is 2.12 bits per heavy atom. The number of nitrogens with zero attached hydrogens (tertiary/aromatic N) is 2. The van der Waals surface area contributed by atoms with Gasteiger partial charge in [-0.05, 0) is 28.8 Å². The van der Waals surface area contributed by atoms with E-state index in [2.05, 4.69) is 28.0 Å². The summed E-state index contributed by atoms with van der Waals surface area (Å²) < 4.78 is 13.5. The van der Waals surface area contributed by atoms with Gasteiger partial charge in [0.2, 0.25) is 0 Å². The molecule has 0 spiro atoms. The first-order valence-electron chi connectivity index (χ1n) is 5.47. The highest BCUT2D eigenvalue weighted by Crippen LogP contribution is 2.22. The van der Waals surface area contributed by atoms with E-state index < -0.39 is 0 Å². The fraction of sp³-hybridized carbons (Fsp3) is 0.727. The Balaban J connectivity index is 2.44. The van der Waals surface area contributed by atoms with Crippen molar-refractivity contribution in [2.24, 2.45) is 7.05 Å². The molecule has 1 heterocycles. The minimum atomic E-state index is 0.591. The molecular formula is C11H19BrN2O2. The first-order chi connectivity index (χ1) is 7.70. The molecular weight excluding hydrogens is 272 g/mol. The van der Waals surface area contributed by atoms with E-state index in [4.69, 9.17) is 9.47 Å². The van der Waals surface area contributed by atoms with Gasteiger partial charge in [-0.3, -0.25) is 4.68 Å². The number of aromatic nitrogens is 2. The molecule has 0 aliphatic heterocycles. The SMILES string of the molecule is CCc1nn(C)c(COCCCOC)c1Br. The standard InChI is InChI=1S/C11H19BrN2O2/c1-4-9-11(12)10(14(2)13-9)8-16-7-5-6-15-3/h4-8H2,1-3H3. The highest BCUT2D eigenvalue weighted by molar-refractivity contribution is 9.10. The first kappa shape index (κ1) is 13.7. The molecule has 16 heavy (non-hydrogen) atoms. The van der Waals surface area contributed by atoms with Crippen molar-refractivity contribution in [3.05, 3.63) is 15.9 Å². The van der Waals surface area contributed by atoms with Gasteiger partial charge in [0.15, 0.2) is 0 Å². The van der Waals surface area contributed by atoms with Crippen LogP contribution in [0.5, 0.6) is 0 Å².